The molecular weight excluding hydrogens is 374 g/mol. The molecule has 0 aromatic heterocycles. The number of nitro benzene ring substituents is 1. The maximum Gasteiger partial charge on any atom is 0.341 e. The number of nitro groups is 1. The van der Waals surface area contributed by atoms with Gasteiger partial charge in [0.15, 0.2) is 6.61 Å². The van der Waals surface area contributed by atoms with Crippen LogP contribution < -0.4 is 5.32 Å². The molecule has 1 saturated heterocycles. The first-order chi connectivity index (χ1) is 14.0. The van der Waals surface area contributed by atoms with E-state index in [1.54, 1.807) is 4.90 Å². The van der Waals surface area contributed by atoms with Crippen molar-refractivity contribution in [2.75, 3.05) is 25.0 Å². The van der Waals surface area contributed by atoms with E-state index in [2.05, 4.69) is 5.32 Å². The van der Waals surface area contributed by atoms with Gasteiger partial charge >= 0.3 is 5.97 Å². The summed E-state index contributed by atoms with van der Waals surface area (Å²) in [5.41, 5.74) is 1.21. The number of piperidine rings is 1. The number of nitrogens with one attached hydrogen (secondary N) is 1. The van der Waals surface area contributed by atoms with Crippen molar-refractivity contribution in [2.24, 2.45) is 0 Å². The average Bonchev–Trinajstić information content (AvgIpc) is 2.77. The van der Waals surface area contributed by atoms with E-state index in [4.69, 9.17) is 4.74 Å². The first-order valence-corrected chi connectivity index (χ1v) is 9.56. The van der Waals surface area contributed by atoms with Gasteiger partial charge in [-0.1, -0.05) is 30.3 Å². The molecular formula is C21H23N3O5. The number of esters is 1. The minimum Gasteiger partial charge on any atom is -0.452 e. The van der Waals surface area contributed by atoms with Crippen LogP contribution in [0.1, 0.15) is 35.2 Å². The molecule has 29 heavy (non-hydrogen) atoms. The van der Waals surface area contributed by atoms with Gasteiger partial charge in [-0.25, -0.2) is 4.79 Å². The summed E-state index contributed by atoms with van der Waals surface area (Å²) in [6.45, 7) is 1.39. The molecule has 8 nitrogen and oxygen atoms in total. The van der Waals surface area contributed by atoms with E-state index < -0.39 is 10.9 Å². The van der Waals surface area contributed by atoms with E-state index in [0.29, 0.717) is 25.3 Å². The van der Waals surface area contributed by atoms with E-state index in [9.17, 15) is 19.7 Å². The van der Waals surface area contributed by atoms with E-state index in [0.717, 1.165) is 24.8 Å². The van der Waals surface area contributed by atoms with Crippen molar-refractivity contribution < 1.29 is 19.2 Å². The molecule has 1 N–H and O–H groups in total. The lowest BCUT2D eigenvalue weighted by Gasteiger charge is -2.26. The minimum absolute atomic E-state index is 0.0292. The zero-order valence-electron chi connectivity index (χ0n) is 16.0. The van der Waals surface area contributed by atoms with E-state index in [1.165, 1.54) is 18.2 Å². The Balaban J connectivity index is 1.70. The third-order valence-electron chi connectivity index (χ3n) is 4.80. The topological polar surface area (TPSA) is 102 Å². The maximum absolute atomic E-state index is 12.6. The van der Waals surface area contributed by atoms with Crippen LogP contribution in [0.5, 0.6) is 0 Å². The van der Waals surface area contributed by atoms with Crippen LogP contribution in [0.25, 0.3) is 0 Å². The van der Waals surface area contributed by atoms with Crippen molar-refractivity contribution in [2.45, 2.75) is 25.8 Å². The highest BCUT2D eigenvalue weighted by Crippen LogP contribution is 2.24. The monoisotopic (exact) mass is 397 g/mol. The quantitative estimate of drug-likeness (QED) is 0.437. The Hall–Kier alpha value is -3.42. The third kappa shape index (κ3) is 5.54. The van der Waals surface area contributed by atoms with Crippen LogP contribution in [0, 0.1) is 10.1 Å². The molecule has 0 spiro atoms. The second-order valence-corrected chi connectivity index (χ2v) is 6.84. The number of ether oxygens (including phenoxy) is 1. The SMILES string of the molecule is O=C(OCC(=O)N1CCCCC1)c1cc([N+](=O)[O-])ccc1NCc1ccccc1. The van der Waals surface area contributed by atoms with Gasteiger partial charge in [0, 0.05) is 37.5 Å². The minimum atomic E-state index is -0.769. The molecule has 0 aliphatic carbocycles. The molecule has 1 fully saturated rings. The number of hydrogen-bond donors (Lipinski definition) is 1. The summed E-state index contributed by atoms with van der Waals surface area (Å²) in [7, 11) is 0. The largest absolute Gasteiger partial charge is 0.452 e. The Morgan fingerprint density at radius 3 is 2.48 bits per heavy atom. The molecule has 0 radical (unpaired) electrons. The Bertz CT molecular complexity index is 879. The van der Waals surface area contributed by atoms with Gasteiger partial charge in [-0.2, -0.15) is 0 Å². The molecule has 1 amide bonds. The Morgan fingerprint density at radius 2 is 1.79 bits per heavy atom. The van der Waals surface area contributed by atoms with Crippen LogP contribution >= 0.6 is 0 Å². The third-order valence-corrected chi connectivity index (χ3v) is 4.80. The van der Waals surface area contributed by atoms with Crippen LogP contribution in [-0.4, -0.2) is 41.4 Å². The molecule has 1 aliphatic rings. The lowest BCUT2D eigenvalue weighted by Crippen LogP contribution is -2.38. The van der Waals surface area contributed by atoms with E-state index >= 15 is 0 Å². The number of carbonyl (C=O) groups excluding carboxylic acids is 2. The lowest BCUT2D eigenvalue weighted by atomic mass is 10.1. The van der Waals surface area contributed by atoms with Crippen LogP contribution in [-0.2, 0) is 16.1 Å². The molecule has 0 saturated carbocycles. The Kier molecular flexibility index (Phi) is 6.78. The van der Waals surface area contributed by atoms with Crippen LogP contribution in [0.3, 0.4) is 0 Å². The molecule has 1 heterocycles. The van der Waals surface area contributed by atoms with Crippen molar-refractivity contribution in [3.8, 4) is 0 Å². The predicted molar refractivity (Wildman–Crippen MR) is 108 cm³/mol. The fourth-order valence-corrected chi connectivity index (χ4v) is 3.20. The molecule has 0 bridgehead atoms. The standard InChI is InChI=1S/C21H23N3O5/c25-20(23-11-5-2-6-12-23)15-29-21(26)18-13-17(24(27)28)9-10-19(18)22-14-16-7-3-1-4-8-16/h1,3-4,7-10,13,22H,2,5-6,11-12,14-15H2. The summed E-state index contributed by atoms with van der Waals surface area (Å²) in [6, 6.07) is 13.5. The van der Waals surface area contributed by atoms with Crippen molar-refractivity contribution in [3.05, 3.63) is 69.8 Å². The number of nitrogens with zero attached hydrogens (tertiary/aromatic N) is 2. The van der Waals surface area contributed by atoms with Crippen molar-refractivity contribution in [1.29, 1.82) is 0 Å². The number of rotatable bonds is 7. The van der Waals surface area contributed by atoms with Gasteiger partial charge < -0.3 is 15.0 Å². The molecule has 8 heteroatoms. The van der Waals surface area contributed by atoms with Gasteiger partial charge in [0.25, 0.3) is 11.6 Å². The number of likely N-dealkylation sites (tertiary alicyclic amines) is 1. The van der Waals surface area contributed by atoms with E-state index in [-0.39, 0.29) is 23.8 Å². The Labute approximate surface area is 168 Å². The second kappa shape index (κ2) is 9.68. The predicted octanol–water partition coefficient (Wildman–Crippen LogP) is 3.38. The molecule has 3 rings (SSSR count). The maximum atomic E-state index is 12.6. The van der Waals surface area contributed by atoms with Crippen molar-refractivity contribution >= 4 is 23.3 Å². The first-order valence-electron chi connectivity index (χ1n) is 9.56. The first kappa shape index (κ1) is 20.3. The van der Waals surface area contributed by atoms with Gasteiger partial charge in [0.1, 0.15) is 0 Å². The fraction of sp³-hybridized carbons (Fsp3) is 0.333. The van der Waals surface area contributed by atoms with Gasteiger partial charge in [0.2, 0.25) is 0 Å². The number of hydrogen-bond acceptors (Lipinski definition) is 6. The van der Waals surface area contributed by atoms with Gasteiger partial charge in [0.05, 0.1) is 10.5 Å². The van der Waals surface area contributed by atoms with Crippen molar-refractivity contribution in [1.82, 2.24) is 4.90 Å². The molecule has 0 unspecified atom stereocenters. The molecule has 152 valence electrons. The number of benzene rings is 2. The number of non-ortho nitro benzene ring substituents is 1. The normalized spacial score (nSPS) is 13.6. The zero-order chi connectivity index (χ0) is 20.6. The molecule has 0 atom stereocenters. The molecule has 1 aliphatic heterocycles. The average molecular weight is 397 g/mol. The summed E-state index contributed by atoms with van der Waals surface area (Å²) in [5, 5.41) is 14.2. The summed E-state index contributed by atoms with van der Waals surface area (Å²) < 4.78 is 5.18. The summed E-state index contributed by atoms with van der Waals surface area (Å²) in [5.74, 6) is -1.02. The number of amides is 1. The molecule has 2 aromatic carbocycles. The summed E-state index contributed by atoms with van der Waals surface area (Å²) in [4.78, 5) is 37.0. The lowest BCUT2D eigenvalue weighted by molar-refractivity contribution is -0.384. The van der Waals surface area contributed by atoms with Gasteiger partial charge in [-0.3, -0.25) is 14.9 Å². The zero-order valence-corrected chi connectivity index (χ0v) is 16.0. The summed E-state index contributed by atoms with van der Waals surface area (Å²) in [6.07, 6.45) is 2.98. The van der Waals surface area contributed by atoms with E-state index in [1.807, 2.05) is 30.3 Å². The molecule has 2 aromatic rings. The Morgan fingerprint density at radius 1 is 1.07 bits per heavy atom. The number of anilines is 1. The van der Waals surface area contributed by atoms with Crippen LogP contribution in [0.4, 0.5) is 11.4 Å². The highest BCUT2D eigenvalue weighted by atomic mass is 16.6. The fourth-order valence-electron chi connectivity index (χ4n) is 3.20. The second-order valence-electron chi connectivity index (χ2n) is 6.84. The number of carbonyl (C=O) groups is 2. The highest BCUT2D eigenvalue weighted by molar-refractivity contribution is 5.97. The summed E-state index contributed by atoms with van der Waals surface area (Å²) >= 11 is 0. The van der Waals surface area contributed by atoms with Gasteiger partial charge in [-0.15, -0.1) is 0 Å². The van der Waals surface area contributed by atoms with Crippen LogP contribution in [0.2, 0.25) is 0 Å². The van der Waals surface area contributed by atoms with Crippen molar-refractivity contribution in [3.63, 3.8) is 0 Å². The highest BCUT2D eigenvalue weighted by Gasteiger charge is 2.21. The smallest absolute Gasteiger partial charge is 0.341 e. The van der Waals surface area contributed by atoms with Gasteiger partial charge in [-0.05, 0) is 30.9 Å². The van der Waals surface area contributed by atoms with Crippen LogP contribution in [0.15, 0.2) is 48.5 Å².